The van der Waals surface area contributed by atoms with Crippen molar-refractivity contribution in [3.05, 3.63) is 53.9 Å². The van der Waals surface area contributed by atoms with Crippen LogP contribution in [0.25, 0.3) is 0 Å². The van der Waals surface area contributed by atoms with E-state index in [1.807, 2.05) is 6.08 Å². The van der Waals surface area contributed by atoms with Gasteiger partial charge in [-0.2, -0.15) is 0 Å². The predicted octanol–water partition coefficient (Wildman–Crippen LogP) is 3.52. The average Bonchev–Trinajstić information content (AvgIpc) is 2.47. The molecule has 2 rings (SSSR count). The molecule has 0 heterocycles. The molecule has 1 nitrogen and oxygen atoms in total. The third-order valence-corrected chi connectivity index (χ3v) is 6.18. The maximum atomic E-state index is 12.9. The zero-order valence-corrected chi connectivity index (χ0v) is 13.9. The number of carbonyl (C=O) groups is 1. The van der Waals surface area contributed by atoms with E-state index < -0.39 is 20.9 Å². The van der Waals surface area contributed by atoms with Crippen molar-refractivity contribution in [1.82, 2.24) is 0 Å². The van der Waals surface area contributed by atoms with Gasteiger partial charge in [0, 0.05) is 0 Å². The molecule has 0 saturated heterocycles. The second kappa shape index (κ2) is 7.76. The fraction of sp³-hybridized carbons (Fsp3) is 0.353. The van der Waals surface area contributed by atoms with Crippen molar-refractivity contribution in [1.29, 1.82) is 0 Å². The van der Waals surface area contributed by atoms with Gasteiger partial charge < -0.3 is 0 Å². The van der Waals surface area contributed by atoms with Gasteiger partial charge in [0.2, 0.25) is 0 Å². The molecule has 1 aliphatic rings. The van der Waals surface area contributed by atoms with E-state index in [-0.39, 0.29) is 5.82 Å². The fourth-order valence-electron chi connectivity index (χ4n) is 2.44. The Labute approximate surface area is 130 Å². The number of allylic oxidation sites excluding steroid dienone is 3. The molecule has 0 unspecified atom stereocenters. The molecule has 0 bridgehead atoms. The molecular weight excluding hydrogens is 367 g/mol. The summed E-state index contributed by atoms with van der Waals surface area (Å²) >= 11 is -0.904. The Hall–Kier alpha value is -0.910. The van der Waals surface area contributed by atoms with Gasteiger partial charge in [-0.1, -0.05) is 0 Å². The molecule has 0 aliphatic heterocycles. The third kappa shape index (κ3) is 4.30. The number of halogens is 1. The monoisotopic (exact) mass is 388 g/mol. The molecular formula is C17H19FOTe. The Morgan fingerprint density at radius 2 is 1.95 bits per heavy atom. The van der Waals surface area contributed by atoms with E-state index in [0.717, 1.165) is 41.3 Å². The van der Waals surface area contributed by atoms with Crippen LogP contribution >= 0.6 is 0 Å². The van der Waals surface area contributed by atoms with E-state index in [2.05, 4.69) is 6.58 Å². The summed E-state index contributed by atoms with van der Waals surface area (Å²) in [4.78, 5) is 12.5. The molecule has 0 atom stereocenters. The number of benzene rings is 1. The number of rotatable bonds is 6. The second-order valence-corrected chi connectivity index (χ2v) is 7.95. The van der Waals surface area contributed by atoms with Crippen LogP contribution in [0, 0.1) is 5.82 Å². The first kappa shape index (κ1) is 15.5. The Morgan fingerprint density at radius 1 is 1.25 bits per heavy atom. The van der Waals surface area contributed by atoms with Crippen molar-refractivity contribution in [3.63, 3.8) is 0 Å². The van der Waals surface area contributed by atoms with Crippen molar-refractivity contribution in [3.8, 4) is 0 Å². The number of carbonyl (C=O) groups excluding carboxylic acids is 1. The van der Waals surface area contributed by atoms with Crippen LogP contribution in [0.4, 0.5) is 4.39 Å². The molecule has 3 heteroatoms. The fourth-order valence-corrected chi connectivity index (χ4v) is 4.88. The van der Waals surface area contributed by atoms with Crippen LogP contribution in [-0.4, -0.2) is 24.8 Å². The van der Waals surface area contributed by atoms with Gasteiger partial charge in [0.1, 0.15) is 0 Å². The van der Waals surface area contributed by atoms with Gasteiger partial charge in [0.05, 0.1) is 0 Å². The summed E-state index contributed by atoms with van der Waals surface area (Å²) in [6, 6.07) is 6.40. The number of hydrogen-bond donors (Lipinski definition) is 0. The molecule has 0 fully saturated rings. The van der Waals surface area contributed by atoms with Crippen LogP contribution in [-0.2, 0) is 4.79 Å². The van der Waals surface area contributed by atoms with E-state index in [4.69, 9.17) is 0 Å². The maximum absolute atomic E-state index is 12.9. The van der Waals surface area contributed by atoms with Crippen LogP contribution in [0.2, 0.25) is 0 Å². The van der Waals surface area contributed by atoms with Gasteiger partial charge in [-0.15, -0.1) is 0 Å². The number of hydrogen-bond acceptors (Lipinski definition) is 1. The van der Waals surface area contributed by atoms with Gasteiger partial charge in [0.15, 0.2) is 0 Å². The second-order valence-electron chi connectivity index (χ2n) is 4.96. The predicted molar refractivity (Wildman–Crippen MR) is 81.7 cm³/mol. The third-order valence-electron chi connectivity index (χ3n) is 3.50. The molecule has 0 aromatic heterocycles. The summed E-state index contributed by atoms with van der Waals surface area (Å²) in [6.45, 7) is 3.76. The topological polar surface area (TPSA) is 17.1 Å². The molecule has 0 radical (unpaired) electrons. The van der Waals surface area contributed by atoms with Crippen molar-refractivity contribution in [2.24, 2.45) is 0 Å². The SMILES string of the molecule is C=CCCC1=C(C(=O)[Te]c2ccc(F)cc2)CCCC1. The zero-order chi connectivity index (χ0) is 14.4. The molecule has 1 aromatic carbocycles. The van der Waals surface area contributed by atoms with Crippen molar-refractivity contribution >= 4 is 28.4 Å². The van der Waals surface area contributed by atoms with Gasteiger partial charge in [-0.05, 0) is 0 Å². The van der Waals surface area contributed by atoms with Gasteiger partial charge in [0.25, 0.3) is 0 Å². The van der Waals surface area contributed by atoms with Gasteiger partial charge in [-0.25, -0.2) is 0 Å². The van der Waals surface area contributed by atoms with E-state index in [0.29, 0.717) is 3.83 Å². The summed E-state index contributed by atoms with van der Waals surface area (Å²) in [7, 11) is 0. The van der Waals surface area contributed by atoms with Crippen molar-refractivity contribution in [2.45, 2.75) is 38.5 Å². The minimum absolute atomic E-state index is 0.239. The normalized spacial score (nSPS) is 15.2. The van der Waals surface area contributed by atoms with Crippen LogP contribution in [0.5, 0.6) is 0 Å². The van der Waals surface area contributed by atoms with Crippen LogP contribution in [0.1, 0.15) is 38.5 Å². The van der Waals surface area contributed by atoms with E-state index >= 15 is 0 Å². The van der Waals surface area contributed by atoms with Crippen LogP contribution in [0.3, 0.4) is 0 Å². The quantitative estimate of drug-likeness (QED) is 0.541. The molecule has 0 amide bonds. The Balaban J connectivity index is 2.10. The first-order valence-electron chi connectivity index (χ1n) is 7.00. The van der Waals surface area contributed by atoms with Crippen LogP contribution < -0.4 is 3.61 Å². The van der Waals surface area contributed by atoms with E-state index in [9.17, 15) is 9.18 Å². The summed E-state index contributed by atoms with van der Waals surface area (Å²) in [5.41, 5.74) is 2.41. The Kier molecular flexibility index (Phi) is 6.01. The molecule has 0 saturated carbocycles. The average molecular weight is 386 g/mol. The van der Waals surface area contributed by atoms with Crippen molar-refractivity contribution < 1.29 is 9.18 Å². The zero-order valence-electron chi connectivity index (χ0n) is 11.5. The van der Waals surface area contributed by atoms with Gasteiger partial charge in [-0.3, -0.25) is 0 Å². The van der Waals surface area contributed by atoms with E-state index in [1.165, 1.54) is 24.1 Å². The standard InChI is InChI=1S/C17H19FOTe/c1-2-3-6-13-7-4-5-8-16(13)17(19)20-15-11-9-14(18)10-12-15/h2,9-12H,1,3-8H2. The molecule has 106 valence electrons. The van der Waals surface area contributed by atoms with Crippen LogP contribution in [0.15, 0.2) is 48.1 Å². The Morgan fingerprint density at radius 3 is 2.65 bits per heavy atom. The molecule has 0 spiro atoms. The summed E-state index contributed by atoms with van der Waals surface area (Å²) in [5.74, 6) is -0.239. The molecule has 20 heavy (non-hydrogen) atoms. The first-order chi connectivity index (χ1) is 9.70. The summed E-state index contributed by atoms with van der Waals surface area (Å²) in [6.07, 6.45) is 8.14. The van der Waals surface area contributed by atoms with Gasteiger partial charge >= 0.3 is 130 Å². The molecule has 1 aromatic rings. The molecule has 0 N–H and O–H groups in total. The summed E-state index contributed by atoms with van der Waals surface area (Å²) in [5, 5.41) is 0. The van der Waals surface area contributed by atoms with E-state index in [1.54, 1.807) is 12.1 Å². The minimum atomic E-state index is -0.904. The first-order valence-corrected chi connectivity index (χ1v) is 9.33. The van der Waals surface area contributed by atoms with Crippen molar-refractivity contribution in [2.75, 3.05) is 0 Å². The Bertz CT molecular complexity index is 516. The summed E-state index contributed by atoms with van der Waals surface area (Å²) < 4.78 is 14.2. The molecule has 1 aliphatic carbocycles.